The normalized spacial score (nSPS) is 12.8. The second-order valence-electron chi connectivity index (χ2n) is 3.95. The van der Waals surface area contributed by atoms with Crippen LogP contribution in [0.5, 0.6) is 0 Å². The molecule has 0 aromatic rings. The minimum atomic E-state index is -0.537. The Morgan fingerprint density at radius 2 is 2.21 bits per heavy atom. The van der Waals surface area contributed by atoms with E-state index in [2.05, 4.69) is 5.32 Å². The van der Waals surface area contributed by atoms with Crippen molar-refractivity contribution in [1.29, 1.82) is 5.26 Å². The van der Waals surface area contributed by atoms with E-state index in [1.54, 1.807) is 20.8 Å². The van der Waals surface area contributed by atoms with Gasteiger partial charge < -0.3 is 15.8 Å². The summed E-state index contributed by atoms with van der Waals surface area (Å²) < 4.78 is 4.98. The Kier molecular flexibility index (Phi) is 4.95. The summed E-state index contributed by atoms with van der Waals surface area (Å²) in [7, 11) is 0. The molecule has 0 aromatic carbocycles. The number of nitrogens with one attached hydrogen (secondary N) is 1. The number of carbonyl (C=O) groups is 1. The standard InChI is InChI=1S/C9H17N3O2/c1-9(2,3)14-8(13)12-5-4-7(11)6-10/h7H,4-5,11H2,1-3H3,(H,12,13). The molecule has 80 valence electrons. The molecular weight excluding hydrogens is 182 g/mol. The van der Waals surface area contributed by atoms with Gasteiger partial charge in [-0.05, 0) is 27.2 Å². The van der Waals surface area contributed by atoms with Crippen LogP contribution in [-0.4, -0.2) is 24.3 Å². The molecule has 0 aliphatic heterocycles. The monoisotopic (exact) mass is 199 g/mol. The van der Waals surface area contributed by atoms with Crippen molar-refractivity contribution in [2.24, 2.45) is 5.73 Å². The van der Waals surface area contributed by atoms with Crippen molar-refractivity contribution in [2.75, 3.05) is 6.54 Å². The number of alkyl carbamates (subject to hydrolysis) is 1. The van der Waals surface area contributed by atoms with E-state index in [1.165, 1.54) is 0 Å². The van der Waals surface area contributed by atoms with Gasteiger partial charge in [0.05, 0.1) is 12.1 Å². The van der Waals surface area contributed by atoms with Gasteiger partial charge in [0.1, 0.15) is 5.60 Å². The van der Waals surface area contributed by atoms with Crippen molar-refractivity contribution in [3.05, 3.63) is 0 Å². The predicted octanol–water partition coefficient (Wildman–Crippen LogP) is 0.752. The fraction of sp³-hybridized carbons (Fsp3) is 0.778. The number of ether oxygens (including phenoxy) is 1. The number of carbonyl (C=O) groups excluding carboxylic acids is 1. The minimum absolute atomic E-state index is 0.351. The summed E-state index contributed by atoms with van der Waals surface area (Å²) in [5.41, 5.74) is 4.83. The van der Waals surface area contributed by atoms with E-state index >= 15 is 0 Å². The highest BCUT2D eigenvalue weighted by molar-refractivity contribution is 5.67. The number of amides is 1. The maximum absolute atomic E-state index is 11.1. The third kappa shape index (κ3) is 7.37. The lowest BCUT2D eigenvalue weighted by molar-refractivity contribution is 0.0527. The smallest absolute Gasteiger partial charge is 0.407 e. The van der Waals surface area contributed by atoms with Crippen LogP contribution < -0.4 is 11.1 Å². The Hall–Kier alpha value is -1.28. The molecule has 0 spiro atoms. The quantitative estimate of drug-likeness (QED) is 0.702. The summed E-state index contributed by atoms with van der Waals surface area (Å²) in [5.74, 6) is 0. The first-order chi connectivity index (χ1) is 6.35. The third-order valence-corrected chi connectivity index (χ3v) is 1.29. The molecule has 14 heavy (non-hydrogen) atoms. The molecule has 1 atom stereocenters. The molecule has 0 aromatic heterocycles. The van der Waals surface area contributed by atoms with Crippen LogP contribution in [0.25, 0.3) is 0 Å². The number of nitrogens with zero attached hydrogens (tertiary/aromatic N) is 1. The van der Waals surface area contributed by atoms with Crippen LogP contribution in [0.15, 0.2) is 0 Å². The van der Waals surface area contributed by atoms with Crippen molar-refractivity contribution >= 4 is 6.09 Å². The zero-order valence-corrected chi connectivity index (χ0v) is 8.83. The van der Waals surface area contributed by atoms with Gasteiger partial charge in [-0.1, -0.05) is 0 Å². The highest BCUT2D eigenvalue weighted by Gasteiger charge is 2.15. The van der Waals surface area contributed by atoms with Crippen LogP contribution in [0, 0.1) is 11.3 Å². The fourth-order valence-corrected chi connectivity index (χ4v) is 0.708. The number of nitrogens with two attached hydrogens (primary N) is 1. The highest BCUT2D eigenvalue weighted by Crippen LogP contribution is 2.06. The second-order valence-corrected chi connectivity index (χ2v) is 3.95. The zero-order chi connectivity index (χ0) is 11.2. The van der Waals surface area contributed by atoms with Crippen LogP contribution in [0.2, 0.25) is 0 Å². The zero-order valence-electron chi connectivity index (χ0n) is 8.83. The van der Waals surface area contributed by atoms with Crippen molar-refractivity contribution < 1.29 is 9.53 Å². The van der Waals surface area contributed by atoms with E-state index in [-0.39, 0.29) is 0 Å². The Balaban J connectivity index is 3.62. The summed E-state index contributed by atoms with van der Waals surface area (Å²) in [5, 5.41) is 10.9. The van der Waals surface area contributed by atoms with Crippen LogP contribution >= 0.6 is 0 Å². The van der Waals surface area contributed by atoms with E-state index in [0.717, 1.165) is 0 Å². The van der Waals surface area contributed by atoms with Gasteiger partial charge in [0, 0.05) is 6.54 Å². The summed E-state index contributed by atoms with van der Waals surface area (Å²) in [6, 6.07) is 1.34. The third-order valence-electron chi connectivity index (χ3n) is 1.29. The van der Waals surface area contributed by atoms with Gasteiger partial charge >= 0.3 is 6.09 Å². The first kappa shape index (κ1) is 12.7. The molecule has 1 amide bonds. The van der Waals surface area contributed by atoms with Crippen LogP contribution in [0.4, 0.5) is 4.79 Å². The number of rotatable bonds is 3. The maximum atomic E-state index is 11.1. The molecule has 3 N–H and O–H groups in total. The fourth-order valence-electron chi connectivity index (χ4n) is 0.708. The van der Waals surface area contributed by atoms with Gasteiger partial charge in [0.2, 0.25) is 0 Å². The van der Waals surface area contributed by atoms with Gasteiger partial charge in [-0.3, -0.25) is 0 Å². The van der Waals surface area contributed by atoms with Crippen LogP contribution in [0.3, 0.4) is 0 Å². The number of nitriles is 1. The lowest BCUT2D eigenvalue weighted by Crippen LogP contribution is -2.34. The lowest BCUT2D eigenvalue weighted by Gasteiger charge is -2.19. The molecule has 0 saturated carbocycles. The minimum Gasteiger partial charge on any atom is -0.444 e. The molecule has 0 bridgehead atoms. The first-order valence-electron chi connectivity index (χ1n) is 4.47. The average molecular weight is 199 g/mol. The summed E-state index contributed by atoms with van der Waals surface area (Å²) >= 11 is 0. The van der Waals surface area contributed by atoms with Crippen LogP contribution in [-0.2, 0) is 4.74 Å². The summed E-state index contributed by atoms with van der Waals surface area (Å²) in [4.78, 5) is 11.1. The Morgan fingerprint density at radius 1 is 1.64 bits per heavy atom. The maximum Gasteiger partial charge on any atom is 0.407 e. The molecule has 0 heterocycles. The van der Waals surface area contributed by atoms with E-state index in [4.69, 9.17) is 15.7 Å². The molecule has 0 radical (unpaired) electrons. The molecule has 0 aliphatic rings. The largest absolute Gasteiger partial charge is 0.444 e. The molecule has 1 unspecified atom stereocenters. The summed E-state index contributed by atoms with van der Waals surface area (Å²) in [6.07, 6.45) is -0.0573. The van der Waals surface area contributed by atoms with Gasteiger partial charge in [0.25, 0.3) is 0 Å². The number of hydrogen-bond acceptors (Lipinski definition) is 4. The van der Waals surface area contributed by atoms with Crippen molar-refractivity contribution in [3.8, 4) is 6.07 Å². The first-order valence-corrected chi connectivity index (χ1v) is 4.47. The van der Waals surface area contributed by atoms with Gasteiger partial charge in [-0.2, -0.15) is 5.26 Å². The number of hydrogen-bond donors (Lipinski definition) is 2. The van der Waals surface area contributed by atoms with E-state index in [9.17, 15) is 4.79 Å². The average Bonchev–Trinajstić information content (AvgIpc) is 2.00. The molecule has 5 nitrogen and oxygen atoms in total. The molecule has 0 fully saturated rings. The topological polar surface area (TPSA) is 88.1 Å². The molecule has 0 saturated heterocycles. The van der Waals surface area contributed by atoms with E-state index < -0.39 is 17.7 Å². The molecule has 0 rings (SSSR count). The molecular formula is C9H17N3O2. The van der Waals surface area contributed by atoms with E-state index in [1.807, 2.05) is 6.07 Å². The highest BCUT2D eigenvalue weighted by atomic mass is 16.6. The Bertz CT molecular complexity index is 227. The van der Waals surface area contributed by atoms with Crippen molar-refractivity contribution in [2.45, 2.75) is 38.8 Å². The van der Waals surface area contributed by atoms with Gasteiger partial charge in [-0.15, -0.1) is 0 Å². The Morgan fingerprint density at radius 3 is 2.64 bits per heavy atom. The summed E-state index contributed by atoms with van der Waals surface area (Å²) in [6.45, 7) is 5.71. The van der Waals surface area contributed by atoms with Crippen molar-refractivity contribution in [1.82, 2.24) is 5.32 Å². The second kappa shape index (κ2) is 5.45. The predicted molar refractivity (Wildman–Crippen MR) is 52.4 cm³/mol. The van der Waals surface area contributed by atoms with Crippen molar-refractivity contribution in [3.63, 3.8) is 0 Å². The van der Waals surface area contributed by atoms with Crippen LogP contribution in [0.1, 0.15) is 27.2 Å². The van der Waals surface area contributed by atoms with Gasteiger partial charge in [0.15, 0.2) is 0 Å². The molecule has 5 heteroatoms. The Labute approximate surface area is 84.2 Å². The SMILES string of the molecule is CC(C)(C)OC(=O)NCCC(N)C#N. The van der Waals surface area contributed by atoms with E-state index in [0.29, 0.717) is 13.0 Å². The van der Waals surface area contributed by atoms with Gasteiger partial charge in [-0.25, -0.2) is 4.79 Å². The lowest BCUT2D eigenvalue weighted by atomic mass is 10.2. The molecule has 0 aliphatic carbocycles.